The van der Waals surface area contributed by atoms with E-state index in [1.54, 1.807) is 35.2 Å². The third-order valence-corrected chi connectivity index (χ3v) is 7.63. The Balaban J connectivity index is 1.27. The Morgan fingerprint density at radius 3 is 2.52 bits per heavy atom. The molecule has 1 amide bonds. The van der Waals surface area contributed by atoms with Crippen LogP contribution >= 0.6 is 23.1 Å². The number of fused-ring (bicyclic) bond motifs is 1. The van der Waals surface area contributed by atoms with Crippen molar-refractivity contribution < 1.29 is 14.3 Å². The average Bonchev–Trinajstić information content (AvgIpc) is 3.18. The van der Waals surface area contributed by atoms with Crippen LogP contribution in [0.25, 0.3) is 10.2 Å². The molecule has 5 nitrogen and oxygen atoms in total. The molecular weight excluding hydrogens is 428 g/mol. The van der Waals surface area contributed by atoms with Gasteiger partial charge in [-0.25, -0.2) is 9.78 Å². The monoisotopic (exact) mass is 454 g/mol. The van der Waals surface area contributed by atoms with E-state index >= 15 is 0 Å². The standard InChI is InChI=1S/C24H26N2O3S2/c1-16-11-17(2)13-26(12-16)22(27)14-29-23(28)19-9-7-18(8-10-19)15-30-24-25-20-5-3-4-6-21(20)31-24/h3-10,16-17H,11-15H2,1-2H3/t16-,17-/m1/s1. The molecule has 7 heteroatoms. The van der Waals surface area contributed by atoms with Crippen LogP contribution in [0.15, 0.2) is 52.9 Å². The Hall–Kier alpha value is -2.38. The number of ether oxygens (including phenoxy) is 1. The predicted molar refractivity (Wildman–Crippen MR) is 125 cm³/mol. The molecule has 2 aromatic carbocycles. The third kappa shape index (κ3) is 5.66. The summed E-state index contributed by atoms with van der Waals surface area (Å²) in [6.07, 6.45) is 1.13. The number of esters is 1. The normalized spacial score (nSPS) is 18.8. The molecule has 0 spiro atoms. The number of amides is 1. The summed E-state index contributed by atoms with van der Waals surface area (Å²) in [5.41, 5.74) is 2.59. The molecule has 0 radical (unpaired) electrons. The summed E-state index contributed by atoms with van der Waals surface area (Å²) in [6, 6.07) is 15.5. The summed E-state index contributed by atoms with van der Waals surface area (Å²) < 4.78 is 7.49. The zero-order valence-electron chi connectivity index (χ0n) is 17.7. The molecule has 4 rings (SSSR count). The van der Waals surface area contributed by atoms with Gasteiger partial charge in [0, 0.05) is 18.8 Å². The van der Waals surface area contributed by atoms with Gasteiger partial charge in [-0.3, -0.25) is 4.79 Å². The number of likely N-dealkylation sites (tertiary alicyclic amines) is 1. The maximum absolute atomic E-state index is 12.4. The van der Waals surface area contributed by atoms with Gasteiger partial charge in [-0.2, -0.15) is 0 Å². The van der Waals surface area contributed by atoms with Gasteiger partial charge in [0.2, 0.25) is 0 Å². The lowest BCUT2D eigenvalue weighted by atomic mass is 9.92. The molecule has 0 aliphatic carbocycles. The smallest absolute Gasteiger partial charge is 0.338 e. The quantitative estimate of drug-likeness (QED) is 0.376. The second-order valence-electron chi connectivity index (χ2n) is 8.25. The summed E-state index contributed by atoms with van der Waals surface area (Å²) in [6.45, 7) is 5.58. The molecule has 0 N–H and O–H groups in total. The van der Waals surface area contributed by atoms with Crippen molar-refractivity contribution in [3.8, 4) is 0 Å². The van der Waals surface area contributed by atoms with E-state index in [1.807, 2.05) is 35.2 Å². The molecule has 0 unspecified atom stereocenters. The number of hydrogen-bond acceptors (Lipinski definition) is 6. The number of nitrogens with zero attached hydrogens (tertiary/aromatic N) is 2. The highest BCUT2D eigenvalue weighted by atomic mass is 32.2. The number of carbonyl (C=O) groups excluding carboxylic acids is 2. The van der Waals surface area contributed by atoms with Gasteiger partial charge in [-0.1, -0.05) is 49.9 Å². The molecule has 31 heavy (non-hydrogen) atoms. The van der Waals surface area contributed by atoms with E-state index in [-0.39, 0.29) is 12.5 Å². The number of thiazole rings is 1. The van der Waals surface area contributed by atoms with Gasteiger partial charge >= 0.3 is 5.97 Å². The van der Waals surface area contributed by atoms with Crippen LogP contribution in [-0.4, -0.2) is 41.5 Å². The van der Waals surface area contributed by atoms with Crippen LogP contribution in [0.4, 0.5) is 0 Å². The fraction of sp³-hybridized carbons (Fsp3) is 0.375. The van der Waals surface area contributed by atoms with Crippen LogP contribution in [-0.2, 0) is 15.3 Å². The average molecular weight is 455 g/mol. The van der Waals surface area contributed by atoms with Crippen molar-refractivity contribution in [3.05, 3.63) is 59.7 Å². The van der Waals surface area contributed by atoms with E-state index in [0.29, 0.717) is 17.4 Å². The van der Waals surface area contributed by atoms with Crippen molar-refractivity contribution >= 4 is 45.2 Å². The molecule has 1 fully saturated rings. The molecule has 2 atom stereocenters. The molecule has 0 bridgehead atoms. The minimum absolute atomic E-state index is 0.115. The van der Waals surface area contributed by atoms with E-state index in [1.165, 1.54) is 4.70 Å². The van der Waals surface area contributed by atoms with Crippen LogP contribution in [0.1, 0.15) is 36.2 Å². The van der Waals surface area contributed by atoms with Gasteiger partial charge in [-0.05, 0) is 48.1 Å². The summed E-state index contributed by atoms with van der Waals surface area (Å²) in [5, 5.41) is 0. The fourth-order valence-electron chi connectivity index (χ4n) is 3.96. The summed E-state index contributed by atoms with van der Waals surface area (Å²) in [5.74, 6) is 1.17. The Labute approximate surface area is 190 Å². The fourth-order valence-corrected chi connectivity index (χ4v) is 5.99. The molecule has 1 aliphatic heterocycles. The third-order valence-electron chi connectivity index (χ3n) is 5.37. The zero-order chi connectivity index (χ0) is 21.8. The number of carbonyl (C=O) groups is 2. The Kier molecular flexibility index (Phi) is 6.92. The van der Waals surface area contributed by atoms with Crippen molar-refractivity contribution in [2.24, 2.45) is 11.8 Å². The Morgan fingerprint density at radius 1 is 1.10 bits per heavy atom. The van der Waals surface area contributed by atoms with Crippen molar-refractivity contribution in [2.75, 3.05) is 19.7 Å². The molecule has 1 saturated heterocycles. The van der Waals surface area contributed by atoms with Gasteiger partial charge < -0.3 is 9.64 Å². The Morgan fingerprint density at radius 2 is 1.81 bits per heavy atom. The summed E-state index contributed by atoms with van der Waals surface area (Å²) in [7, 11) is 0. The minimum Gasteiger partial charge on any atom is -0.452 e. The van der Waals surface area contributed by atoms with Crippen molar-refractivity contribution in [1.29, 1.82) is 0 Å². The van der Waals surface area contributed by atoms with Crippen LogP contribution in [0.2, 0.25) is 0 Å². The lowest BCUT2D eigenvalue weighted by Gasteiger charge is -2.34. The summed E-state index contributed by atoms with van der Waals surface area (Å²) in [4.78, 5) is 31.2. The zero-order valence-corrected chi connectivity index (χ0v) is 19.4. The van der Waals surface area contributed by atoms with E-state index in [9.17, 15) is 9.59 Å². The highest BCUT2D eigenvalue weighted by Gasteiger charge is 2.26. The Bertz CT molecular complexity index is 1020. The number of para-hydroxylation sites is 1. The van der Waals surface area contributed by atoms with E-state index in [0.717, 1.165) is 40.7 Å². The van der Waals surface area contributed by atoms with Gasteiger partial charge in [0.1, 0.15) is 0 Å². The van der Waals surface area contributed by atoms with Crippen molar-refractivity contribution in [1.82, 2.24) is 9.88 Å². The maximum atomic E-state index is 12.4. The molecule has 1 aromatic heterocycles. The number of hydrogen-bond donors (Lipinski definition) is 0. The highest BCUT2D eigenvalue weighted by Crippen LogP contribution is 2.31. The lowest BCUT2D eigenvalue weighted by Crippen LogP contribution is -2.44. The first-order valence-corrected chi connectivity index (χ1v) is 12.3. The number of rotatable bonds is 6. The minimum atomic E-state index is -0.461. The van der Waals surface area contributed by atoms with Gasteiger partial charge in [0.25, 0.3) is 5.91 Å². The number of thioether (sulfide) groups is 1. The predicted octanol–water partition coefficient (Wildman–Crippen LogP) is 5.25. The molecule has 1 aliphatic rings. The van der Waals surface area contributed by atoms with Gasteiger partial charge in [0.05, 0.1) is 15.8 Å². The number of benzene rings is 2. The van der Waals surface area contributed by atoms with Crippen molar-refractivity contribution in [2.45, 2.75) is 30.4 Å². The second-order valence-corrected chi connectivity index (χ2v) is 10.5. The van der Waals surface area contributed by atoms with Crippen LogP contribution in [0.5, 0.6) is 0 Å². The van der Waals surface area contributed by atoms with Crippen molar-refractivity contribution in [3.63, 3.8) is 0 Å². The van der Waals surface area contributed by atoms with E-state index in [4.69, 9.17) is 4.74 Å². The first kappa shape index (κ1) is 21.8. The molecule has 0 saturated carbocycles. The lowest BCUT2D eigenvalue weighted by molar-refractivity contribution is -0.137. The number of aromatic nitrogens is 1. The number of piperidine rings is 1. The van der Waals surface area contributed by atoms with E-state index in [2.05, 4.69) is 24.9 Å². The van der Waals surface area contributed by atoms with Crippen LogP contribution in [0, 0.1) is 11.8 Å². The molecule has 2 heterocycles. The largest absolute Gasteiger partial charge is 0.452 e. The first-order chi connectivity index (χ1) is 15.0. The molecule has 3 aromatic rings. The van der Waals surface area contributed by atoms with E-state index < -0.39 is 5.97 Å². The molecular formula is C24H26N2O3S2. The summed E-state index contributed by atoms with van der Waals surface area (Å²) >= 11 is 3.37. The van der Waals surface area contributed by atoms with Crippen LogP contribution in [0.3, 0.4) is 0 Å². The first-order valence-electron chi connectivity index (χ1n) is 10.5. The topological polar surface area (TPSA) is 59.5 Å². The maximum Gasteiger partial charge on any atom is 0.338 e. The molecule has 162 valence electrons. The SMILES string of the molecule is C[C@@H]1C[C@@H](C)CN(C(=O)COC(=O)c2ccc(CSc3nc4ccccc4s3)cc2)C1. The second kappa shape index (κ2) is 9.83. The van der Waals surface area contributed by atoms with Crippen LogP contribution < -0.4 is 0 Å². The van der Waals surface area contributed by atoms with Gasteiger partial charge in [0.15, 0.2) is 10.9 Å². The highest BCUT2D eigenvalue weighted by molar-refractivity contribution is 8.00. The van der Waals surface area contributed by atoms with Gasteiger partial charge in [-0.15, -0.1) is 11.3 Å².